The van der Waals surface area contributed by atoms with Crippen molar-refractivity contribution >= 4 is 40.1 Å². The van der Waals surface area contributed by atoms with Crippen molar-refractivity contribution in [1.82, 2.24) is 0 Å². The average Bonchev–Trinajstić information content (AvgIpc) is 2.81. The predicted octanol–water partition coefficient (Wildman–Crippen LogP) is 1.45. The van der Waals surface area contributed by atoms with E-state index in [1.165, 1.54) is 17.0 Å². The molecule has 34 heavy (non-hydrogen) atoms. The third-order valence-corrected chi connectivity index (χ3v) is 5.25. The molecule has 0 atom stereocenters. The molecule has 0 aliphatic carbocycles. The Bertz CT molecular complexity index is 1260. The van der Waals surface area contributed by atoms with Crippen LogP contribution in [0.1, 0.15) is 27.9 Å². The number of primary amides is 1. The third-order valence-electron chi connectivity index (χ3n) is 5.25. The highest BCUT2D eigenvalue weighted by Crippen LogP contribution is 2.31. The summed E-state index contributed by atoms with van der Waals surface area (Å²) in [6.07, 6.45) is 0.334. The van der Waals surface area contributed by atoms with E-state index in [1.807, 2.05) is 0 Å². The first-order valence-corrected chi connectivity index (χ1v) is 10.4. The summed E-state index contributed by atoms with van der Waals surface area (Å²) in [5.41, 5.74) is 18.5. The Balaban J connectivity index is 1.92. The van der Waals surface area contributed by atoms with Crippen LogP contribution in [0.25, 0.3) is 10.8 Å². The number of amides is 1. The maximum Gasteiger partial charge on any atom is 0.343 e. The Hall–Kier alpha value is -4.44. The van der Waals surface area contributed by atoms with Gasteiger partial charge in [0.1, 0.15) is 11.6 Å². The molecule has 0 spiro atoms. The van der Waals surface area contributed by atoms with Gasteiger partial charge < -0.3 is 31.9 Å². The van der Waals surface area contributed by atoms with Crippen LogP contribution in [-0.4, -0.2) is 41.9 Å². The van der Waals surface area contributed by atoms with Crippen LogP contribution in [0.4, 0.5) is 5.69 Å². The number of carbonyl (C=O) groups excluding carboxylic acids is 2. The smallest absolute Gasteiger partial charge is 0.343 e. The summed E-state index contributed by atoms with van der Waals surface area (Å²) in [7, 11) is 0. The van der Waals surface area contributed by atoms with Crippen molar-refractivity contribution in [2.45, 2.75) is 12.8 Å². The Kier molecular flexibility index (Phi) is 7.44. The zero-order chi connectivity index (χ0) is 24.8. The van der Waals surface area contributed by atoms with Crippen LogP contribution < -0.4 is 26.8 Å². The van der Waals surface area contributed by atoms with Gasteiger partial charge >= 0.3 is 5.97 Å². The molecule has 3 aromatic carbocycles. The molecular weight excluding hydrogens is 436 g/mol. The number of aliphatic hydroxyl groups is 1. The van der Waals surface area contributed by atoms with Crippen LogP contribution in [0.15, 0.2) is 54.6 Å². The highest BCUT2D eigenvalue weighted by atomic mass is 16.5. The molecule has 0 heterocycles. The third kappa shape index (κ3) is 5.48. The zero-order valence-electron chi connectivity index (χ0n) is 18.4. The zero-order valence-corrected chi connectivity index (χ0v) is 18.4. The van der Waals surface area contributed by atoms with Crippen molar-refractivity contribution in [3.63, 3.8) is 0 Å². The van der Waals surface area contributed by atoms with Gasteiger partial charge in [0, 0.05) is 29.8 Å². The molecule has 10 heteroatoms. The topological polar surface area (TPSA) is 193 Å². The number of aliphatic hydroxyl groups excluding tert-OH is 1. The molecule has 0 radical (unpaired) electrons. The van der Waals surface area contributed by atoms with Crippen LogP contribution in [0.3, 0.4) is 0 Å². The molecule has 0 aromatic heterocycles. The lowest BCUT2D eigenvalue weighted by atomic mass is 9.97. The normalized spacial score (nSPS) is 10.6. The number of esters is 1. The van der Waals surface area contributed by atoms with E-state index in [-0.39, 0.29) is 43.4 Å². The molecule has 0 fully saturated rings. The number of nitrogens with two attached hydrogens (primary N) is 3. The van der Waals surface area contributed by atoms with E-state index in [9.17, 15) is 9.59 Å². The first kappa shape index (κ1) is 24.2. The van der Waals surface area contributed by atoms with Gasteiger partial charge in [0.2, 0.25) is 5.91 Å². The number of benzene rings is 3. The number of nitrogens with zero attached hydrogens (tertiary/aromatic N) is 1. The first-order chi connectivity index (χ1) is 16.2. The highest BCUT2D eigenvalue weighted by molar-refractivity contribution is 6.01. The van der Waals surface area contributed by atoms with E-state index in [1.54, 1.807) is 42.5 Å². The molecule has 176 valence electrons. The quantitative estimate of drug-likeness (QED) is 0.120. The number of amidine groups is 1. The number of fused-ring (bicyclic) bond motifs is 1. The number of rotatable bonds is 9. The van der Waals surface area contributed by atoms with E-state index in [2.05, 4.69) is 0 Å². The molecule has 9 N–H and O–H groups in total. The van der Waals surface area contributed by atoms with Gasteiger partial charge in [-0.2, -0.15) is 0 Å². The van der Waals surface area contributed by atoms with Crippen LogP contribution in [0.2, 0.25) is 0 Å². The van der Waals surface area contributed by atoms with Gasteiger partial charge in [-0.25, -0.2) is 4.79 Å². The van der Waals surface area contributed by atoms with Gasteiger partial charge in [0.25, 0.3) is 0 Å². The van der Waals surface area contributed by atoms with E-state index >= 15 is 0 Å². The van der Waals surface area contributed by atoms with E-state index in [0.29, 0.717) is 22.6 Å². The Morgan fingerprint density at radius 2 is 1.62 bits per heavy atom. The lowest BCUT2D eigenvalue weighted by Gasteiger charge is -2.21. The number of guanidine groups is 1. The fourth-order valence-corrected chi connectivity index (χ4v) is 3.57. The second-order valence-electron chi connectivity index (χ2n) is 7.56. The van der Waals surface area contributed by atoms with Crippen LogP contribution in [-0.2, 0) is 11.2 Å². The SMILES string of the molecule is N=C(N)c1ccc2c(CCC(N)=O)c(OC(=O)c3ccc(N(CCO)C(=N)N)cc3)ccc2c1. The molecule has 0 bridgehead atoms. The van der Waals surface area contributed by atoms with E-state index < -0.39 is 11.9 Å². The molecule has 10 nitrogen and oxygen atoms in total. The van der Waals surface area contributed by atoms with Gasteiger partial charge in [-0.05, 0) is 53.6 Å². The van der Waals surface area contributed by atoms with Crippen molar-refractivity contribution in [3.8, 4) is 5.75 Å². The summed E-state index contributed by atoms with van der Waals surface area (Å²) in [6.45, 7) is -0.0435. The van der Waals surface area contributed by atoms with Gasteiger partial charge in [0.15, 0.2) is 5.96 Å². The molecule has 0 saturated heterocycles. The standard InChI is InChI=1S/C24H26N6O4/c25-21(32)10-8-19-18-7-3-16(22(26)27)13-15(18)4-9-20(19)34-23(33)14-1-5-17(6-2-14)30(11-12-31)24(28)29/h1-7,9,13,31H,8,10-12H2,(H2,25,32)(H3,26,27)(H3,28,29). The molecular formula is C24H26N6O4. The van der Waals surface area contributed by atoms with E-state index in [4.69, 9.17) is 37.9 Å². The first-order valence-electron chi connectivity index (χ1n) is 10.4. The minimum atomic E-state index is -0.608. The molecule has 0 saturated carbocycles. The summed E-state index contributed by atoms with van der Waals surface area (Å²) < 4.78 is 5.67. The number of nitrogen functional groups attached to an aromatic ring is 1. The van der Waals surface area contributed by atoms with Crippen molar-refractivity contribution in [1.29, 1.82) is 10.8 Å². The van der Waals surface area contributed by atoms with Crippen molar-refractivity contribution in [2.24, 2.45) is 17.2 Å². The molecule has 0 unspecified atom stereocenters. The highest BCUT2D eigenvalue weighted by Gasteiger charge is 2.17. The number of nitrogens with one attached hydrogen (secondary N) is 2. The molecule has 1 amide bonds. The minimum Gasteiger partial charge on any atom is -0.423 e. The summed E-state index contributed by atoms with van der Waals surface area (Å²) in [6, 6.07) is 14.9. The Morgan fingerprint density at radius 3 is 2.21 bits per heavy atom. The molecule has 3 rings (SSSR count). The Morgan fingerprint density at radius 1 is 0.941 bits per heavy atom. The van der Waals surface area contributed by atoms with Crippen molar-refractivity contribution < 1.29 is 19.4 Å². The Labute approximate surface area is 195 Å². The predicted molar refractivity (Wildman–Crippen MR) is 130 cm³/mol. The van der Waals surface area contributed by atoms with Gasteiger partial charge in [-0.1, -0.05) is 18.2 Å². The van der Waals surface area contributed by atoms with Crippen LogP contribution in [0, 0.1) is 10.8 Å². The average molecular weight is 463 g/mol. The van der Waals surface area contributed by atoms with Crippen molar-refractivity contribution in [3.05, 3.63) is 71.3 Å². The molecule has 0 aliphatic rings. The van der Waals surface area contributed by atoms with Gasteiger partial charge in [-0.3, -0.25) is 15.6 Å². The molecule has 3 aromatic rings. The minimum absolute atomic E-state index is 0.0677. The van der Waals surface area contributed by atoms with Crippen molar-refractivity contribution in [2.75, 3.05) is 18.1 Å². The van der Waals surface area contributed by atoms with Gasteiger partial charge in [-0.15, -0.1) is 0 Å². The maximum absolute atomic E-state index is 12.8. The number of aryl methyl sites for hydroxylation is 1. The second-order valence-corrected chi connectivity index (χ2v) is 7.56. The number of hydrogen-bond acceptors (Lipinski definition) is 6. The fourth-order valence-electron chi connectivity index (χ4n) is 3.57. The lowest BCUT2D eigenvalue weighted by Crippen LogP contribution is -2.38. The second kappa shape index (κ2) is 10.5. The molecule has 0 aliphatic heterocycles. The van der Waals surface area contributed by atoms with Gasteiger partial charge in [0.05, 0.1) is 12.2 Å². The number of carbonyl (C=O) groups is 2. The number of anilines is 1. The monoisotopic (exact) mass is 462 g/mol. The van der Waals surface area contributed by atoms with E-state index in [0.717, 1.165) is 10.8 Å². The number of hydrogen-bond donors (Lipinski definition) is 6. The maximum atomic E-state index is 12.8. The van der Waals surface area contributed by atoms with Crippen LogP contribution >= 0.6 is 0 Å². The number of ether oxygens (including phenoxy) is 1. The lowest BCUT2D eigenvalue weighted by molar-refractivity contribution is -0.117. The summed E-state index contributed by atoms with van der Waals surface area (Å²) in [5.74, 6) is -1.09. The summed E-state index contributed by atoms with van der Waals surface area (Å²) >= 11 is 0. The fraction of sp³-hybridized carbons (Fsp3) is 0.167. The largest absolute Gasteiger partial charge is 0.423 e. The summed E-state index contributed by atoms with van der Waals surface area (Å²) in [5, 5.41) is 26.0. The summed E-state index contributed by atoms with van der Waals surface area (Å²) in [4.78, 5) is 25.7. The van der Waals surface area contributed by atoms with Crippen LogP contribution in [0.5, 0.6) is 5.75 Å².